The van der Waals surface area contributed by atoms with Crippen molar-refractivity contribution in [1.29, 1.82) is 0 Å². The Kier molecular flexibility index (Phi) is 7.81. The molecule has 0 aromatic heterocycles. The number of esters is 1. The molecule has 10 heteroatoms. The van der Waals surface area contributed by atoms with Crippen LogP contribution in [-0.4, -0.2) is 50.2 Å². The van der Waals surface area contributed by atoms with Crippen molar-refractivity contribution in [3.63, 3.8) is 0 Å². The van der Waals surface area contributed by atoms with Crippen LogP contribution in [-0.2, 0) is 24.3 Å². The van der Waals surface area contributed by atoms with E-state index in [1.54, 1.807) is 6.92 Å². The Morgan fingerprint density at radius 3 is 2.28 bits per heavy atom. The maximum atomic E-state index is 12.3. The van der Waals surface area contributed by atoms with E-state index in [9.17, 15) is 23.1 Å². The predicted molar refractivity (Wildman–Crippen MR) is 91.5 cm³/mol. The Balaban J connectivity index is 2.91. The lowest BCUT2D eigenvalue weighted by molar-refractivity contribution is -0.158. The molecule has 0 saturated heterocycles. The average Bonchev–Trinajstić information content (AvgIpc) is 2.52. The van der Waals surface area contributed by atoms with Gasteiger partial charge < -0.3 is 15.2 Å². The van der Waals surface area contributed by atoms with E-state index in [0.717, 1.165) is 0 Å². The second kappa shape index (κ2) is 9.14. The molecule has 1 amide bonds. The molecule has 0 aliphatic heterocycles. The molecule has 0 unspecified atom stereocenters. The number of nitrogens with one attached hydrogen (secondary N) is 2. The minimum Gasteiger partial charge on any atom is -0.451 e. The van der Waals surface area contributed by atoms with Crippen LogP contribution >= 0.6 is 11.6 Å². The number of halogens is 1. The number of amides is 1. The molecular formula is C15H21ClN2O6S. The molecule has 0 saturated carbocycles. The van der Waals surface area contributed by atoms with E-state index in [1.165, 1.54) is 38.1 Å². The van der Waals surface area contributed by atoms with Crippen LogP contribution in [0.3, 0.4) is 0 Å². The van der Waals surface area contributed by atoms with Gasteiger partial charge in [-0.15, -0.1) is 0 Å². The van der Waals surface area contributed by atoms with Gasteiger partial charge in [-0.3, -0.25) is 9.59 Å². The standard InChI is InChI=1S/C15H21ClN2O6S/c1-4-17-14(20)10(3)24-15(21)13(9(2)19)18-25(22,23)12-7-5-11(16)6-8-12/h5-10,13,18-19H,4H2,1-3H3,(H,17,20)/t9-,10-,13-/m1/s1. The molecule has 1 aromatic rings. The van der Waals surface area contributed by atoms with Crippen LogP contribution in [0.15, 0.2) is 29.2 Å². The highest BCUT2D eigenvalue weighted by molar-refractivity contribution is 7.89. The summed E-state index contributed by atoms with van der Waals surface area (Å²) < 4.78 is 31.7. The fourth-order valence-electron chi connectivity index (χ4n) is 1.81. The number of sulfonamides is 1. The zero-order valence-corrected chi connectivity index (χ0v) is 15.6. The molecule has 0 radical (unpaired) electrons. The number of rotatable bonds is 8. The van der Waals surface area contributed by atoms with E-state index in [2.05, 4.69) is 10.0 Å². The smallest absolute Gasteiger partial charge is 0.327 e. The fourth-order valence-corrected chi connectivity index (χ4v) is 3.20. The molecule has 3 N–H and O–H groups in total. The number of likely N-dealkylation sites (N-methyl/N-ethyl adjacent to an activating group) is 1. The van der Waals surface area contributed by atoms with Gasteiger partial charge in [0.05, 0.1) is 11.0 Å². The van der Waals surface area contributed by atoms with Gasteiger partial charge in [-0.2, -0.15) is 4.72 Å². The molecule has 3 atom stereocenters. The van der Waals surface area contributed by atoms with Gasteiger partial charge in [0.25, 0.3) is 5.91 Å². The molecule has 8 nitrogen and oxygen atoms in total. The average molecular weight is 393 g/mol. The number of hydrogen-bond donors (Lipinski definition) is 3. The maximum absolute atomic E-state index is 12.3. The van der Waals surface area contributed by atoms with Crippen molar-refractivity contribution < 1.29 is 27.9 Å². The zero-order valence-electron chi connectivity index (χ0n) is 14.0. The summed E-state index contributed by atoms with van der Waals surface area (Å²) in [4.78, 5) is 23.6. The highest BCUT2D eigenvalue weighted by Gasteiger charge is 2.32. The highest BCUT2D eigenvalue weighted by atomic mass is 35.5. The molecule has 0 spiro atoms. The van der Waals surface area contributed by atoms with Crippen molar-refractivity contribution in [2.45, 2.75) is 43.9 Å². The van der Waals surface area contributed by atoms with Crippen molar-refractivity contribution in [3.05, 3.63) is 29.3 Å². The molecule has 1 aromatic carbocycles. The van der Waals surface area contributed by atoms with Crippen LogP contribution in [0.4, 0.5) is 0 Å². The first kappa shape index (κ1) is 21.4. The Hall–Kier alpha value is -1.68. The number of carbonyl (C=O) groups excluding carboxylic acids is 2. The zero-order chi connectivity index (χ0) is 19.2. The Morgan fingerprint density at radius 2 is 1.80 bits per heavy atom. The third kappa shape index (κ3) is 6.28. The largest absolute Gasteiger partial charge is 0.451 e. The third-order valence-corrected chi connectivity index (χ3v) is 4.86. The highest BCUT2D eigenvalue weighted by Crippen LogP contribution is 2.15. The van der Waals surface area contributed by atoms with Crippen LogP contribution < -0.4 is 10.0 Å². The van der Waals surface area contributed by atoms with Gasteiger partial charge in [-0.1, -0.05) is 11.6 Å². The van der Waals surface area contributed by atoms with Gasteiger partial charge in [0.15, 0.2) is 6.10 Å². The molecule has 25 heavy (non-hydrogen) atoms. The third-order valence-electron chi connectivity index (χ3n) is 3.16. The van der Waals surface area contributed by atoms with Gasteiger partial charge in [-0.25, -0.2) is 8.42 Å². The second-order valence-electron chi connectivity index (χ2n) is 5.27. The summed E-state index contributed by atoms with van der Waals surface area (Å²) in [6, 6.07) is 3.70. The van der Waals surface area contributed by atoms with Crippen LogP contribution in [0.5, 0.6) is 0 Å². The summed E-state index contributed by atoms with van der Waals surface area (Å²) in [6.45, 7) is 4.62. The summed E-state index contributed by atoms with van der Waals surface area (Å²) in [5, 5.41) is 12.6. The molecule has 0 aliphatic rings. The molecule has 0 bridgehead atoms. The maximum Gasteiger partial charge on any atom is 0.327 e. The number of carbonyl (C=O) groups is 2. The van der Waals surface area contributed by atoms with Crippen LogP contribution in [0.2, 0.25) is 5.02 Å². The normalized spacial score (nSPS) is 15.1. The summed E-state index contributed by atoms with van der Waals surface area (Å²) in [6.07, 6.45) is -2.51. The number of benzene rings is 1. The summed E-state index contributed by atoms with van der Waals surface area (Å²) in [5.74, 6) is -1.59. The lowest BCUT2D eigenvalue weighted by Gasteiger charge is -2.22. The SMILES string of the molecule is CCNC(=O)[C@@H](C)OC(=O)[C@H](NS(=O)(=O)c1ccc(Cl)cc1)[C@@H](C)O. The minimum absolute atomic E-state index is 0.132. The van der Waals surface area contributed by atoms with Crippen molar-refractivity contribution in [2.75, 3.05) is 6.54 Å². The molecule has 1 rings (SSSR count). The van der Waals surface area contributed by atoms with Crippen molar-refractivity contribution in [2.24, 2.45) is 0 Å². The number of aliphatic hydroxyl groups is 1. The van der Waals surface area contributed by atoms with Crippen LogP contribution in [0.25, 0.3) is 0 Å². The number of aliphatic hydroxyl groups excluding tert-OH is 1. The Labute approximate surface area is 151 Å². The lowest BCUT2D eigenvalue weighted by Crippen LogP contribution is -2.50. The molecule has 0 aliphatic carbocycles. The van der Waals surface area contributed by atoms with E-state index in [4.69, 9.17) is 16.3 Å². The van der Waals surface area contributed by atoms with E-state index in [1.807, 2.05) is 0 Å². The summed E-state index contributed by atoms with van der Waals surface area (Å²) >= 11 is 5.71. The summed E-state index contributed by atoms with van der Waals surface area (Å²) in [7, 11) is -4.10. The van der Waals surface area contributed by atoms with E-state index >= 15 is 0 Å². The number of hydrogen-bond acceptors (Lipinski definition) is 6. The molecular weight excluding hydrogens is 372 g/mol. The van der Waals surface area contributed by atoms with Crippen LogP contribution in [0.1, 0.15) is 20.8 Å². The van der Waals surface area contributed by atoms with Gasteiger partial charge in [0.1, 0.15) is 6.04 Å². The molecule has 140 valence electrons. The fraction of sp³-hybridized carbons (Fsp3) is 0.467. The predicted octanol–water partition coefficient (Wildman–Crippen LogP) is 0.435. The van der Waals surface area contributed by atoms with E-state index in [0.29, 0.717) is 11.6 Å². The Morgan fingerprint density at radius 1 is 1.24 bits per heavy atom. The van der Waals surface area contributed by atoms with E-state index in [-0.39, 0.29) is 4.90 Å². The first-order valence-electron chi connectivity index (χ1n) is 7.52. The van der Waals surface area contributed by atoms with Crippen molar-refractivity contribution >= 4 is 33.5 Å². The Bertz CT molecular complexity index is 705. The quantitative estimate of drug-likeness (QED) is 0.552. The van der Waals surface area contributed by atoms with E-state index < -0.39 is 40.1 Å². The molecule has 0 heterocycles. The second-order valence-corrected chi connectivity index (χ2v) is 7.42. The lowest BCUT2D eigenvalue weighted by atomic mass is 10.2. The topological polar surface area (TPSA) is 122 Å². The van der Waals surface area contributed by atoms with Crippen molar-refractivity contribution in [1.82, 2.24) is 10.0 Å². The molecule has 0 fully saturated rings. The van der Waals surface area contributed by atoms with Gasteiger partial charge in [-0.05, 0) is 45.0 Å². The summed E-state index contributed by atoms with van der Waals surface area (Å²) in [5.41, 5.74) is 0. The van der Waals surface area contributed by atoms with Gasteiger partial charge >= 0.3 is 5.97 Å². The van der Waals surface area contributed by atoms with Crippen LogP contribution in [0, 0.1) is 0 Å². The minimum atomic E-state index is -4.10. The first-order chi connectivity index (χ1) is 11.6. The monoisotopic (exact) mass is 392 g/mol. The van der Waals surface area contributed by atoms with Gasteiger partial charge in [0, 0.05) is 11.6 Å². The van der Waals surface area contributed by atoms with Crippen molar-refractivity contribution in [3.8, 4) is 0 Å². The van der Waals surface area contributed by atoms with Gasteiger partial charge in [0.2, 0.25) is 10.0 Å². The number of ether oxygens (including phenoxy) is 1. The first-order valence-corrected chi connectivity index (χ1v) is 9.38.